The number of fused-ring (bicyclic) bond motifs is 1. The highest BCUT2D eigenvalue weighted by Gasteiger charge is 2.43. The molecule has 1 aliphatic carbocycles. The molecule has 11 nitrogen and oxygen atoms in total. The third-order valence-electron chi connectivity index (χ3n) is 10.6. The number of likely N-dealkylation sites (tertiary alicyclic amines) is 1. The Kier molecular flexibility index (Phi) is 13.1. The summed E-state index contributed by atoms with van der Waals surface area (Å²) in [5, 5.41) is 28.3. The summed E-state index contributed by atoms with van der Waals surface area (Å²) >= 11 is 0. The molecular formula is C42H56N4O7. The largest absolute Gasteiger partial charge is 0.492 e. The van der Waals surface area contributed by atoms with Crippen LogP contribution in [0.15, 0.2) is 78.9 Å². The van der Waals surface area contributed by atoms with Gasteiger partial charge in [0.05, 0.1) is 37.5 Å². The third kappa shape index (κ3) is 10.6. The minimum Gasteiger partial charge on any atom is -0.492 e. The van der Waals surface area contributed by atoms with Gasteiger partial charge in [-0.05, 0) is 74.6 Å². The second-order valence-corrected chi connectivity index (χ2v) is 15.6. The summed E-state index contributed by atoms with van der Waals surface area (Å²) in [6.07, 6.45) is -0.366. The molecule has 3 aromatic rings. The fourth-order valence-electron chi connectivity index (χ4n) is 7.74. The van der Waals surface area contributed by atoms with Crippen molar-refractivity contribution in [3.63, 3.8) is 0 Å². The quantitative estimate of drug-likeness (QED) is 0.186. The molecule has 2 saturated heterocycles. The number of para-hydroxylation sites is 1. The zero-order chi connectivity index (χ0) is 37.4. The second kappa shape index (κ2) is 17.9. The van der Waals surface area contributed by atoms with Gasteiger partial charge in [0.25, 0.3) is 0 Å². The summed E-state index contributed by atoms with van der Waals surface area (Å²) < 4.78 is 17.6. The minimum atomic E-state index is -0.973. The summed E-state index contributed by atoms with van der Waals surface area (Å²) in [7, 11) is 0. The van der Waals surface area contributed by atoms with Gasteiger partial charge in [0.15, 0.2) is 0 Å². The van der Waals surface area contributed by atoms with E-state index in [4.69, 9.17) is 14.2 Å². The van der Waals surface area contributed by atoms with Crippen LogP contribution in [0.2, 0.25) is 0 Å². The standard InChI is InChI=1S/C42H56N4O7/c1-42(2,3)46-28-35(53-34-10-5-4-6-11-34)26-37(46)41(50)43-27-32(47)24-31(40(49)44-39-36-12-8-7-9-30(36)25-38(39)48)23-29-13-15-33(16-14-29)52-22-19-45-17-20-51-21-18-45/h4-16,31-32,35,37-39,47-48H,17-28H2,1-3H3,(H,43,50)(H,44,49)/t31-,32+,35+,37?,38-,39+/m1/s1. The van der Waals surface area contributed by atoms with E-state index in [9.17, 15) is 19.8 Å². The number of amides is 2. The topological polar surface area (TPSA) is 133 Å². The molecule has 286 valence electrons. The van der Waals surface area contributed by atoms with Crippen molar-refractivity contribution in [2.45, 2.75) is 82.4 Å². The van der Waals surface area contributed by atoms with Crippen molar-refractivity contribution < 1.29 is 34.0 Å². The van der Waals surface area contributed by atoms with E-state index in [0.29, 0.717) is 32.4 Å². The Balaban J connectivity index is 1.08. The number of aliphatic hydroxyl groups is 2. The highest BCUT2D eigenvalue weighted by molar-refractivity contribution is 5.82. The van der Waals surface area contributed by atoms with Crippen LogP contribution in [0.3, 0.4) is 0 Å². The zero-order valence-corrected chi connectivity index (χ0v) is 31.3. The Hall–Kier alpha value is -4.00. The van der Waals surface area contributed by atoms with Crippen LogP contribution in [0.5, 0.6) is 11.5 Å². The SMILES string of the molecule is CC(C)(C)N1C[C@@H](Oc2ccccc2)CC1C(=O)NC[C@@H](O)C[C@@H](Cc1ccc(OCCN2CCOCC2)cc1)C(=O)N[C@H]1c2ccccc2C[C@H]1O. The molecule has 2 fully saturated rings. The van der Waals surface area contributed by atoms with E-state index in [1.165, 1.54) is 0 Å². The van der Waals surface area contributed by atoms with Gasteiger partial charge in [-0.15, -0.1) is 0 Å². The van der Waals surface area contributed by atoms with Crippen LogP contribution >= 0.6 is 0 Å². The van der Waals surface area contributed by atoms with E-state index in [1.54, 1.807) is 0 Å². The van der Waals surface area contributed by atoms with Crippen molar-refractivity contribution in [2.75, 3.05) is 52.5 Å². The molecule has 1 unspecified atom stereocenters. The lowest BCUT2D eigenvalue weighted by molar-refractivity contribution is -0.128. The number of carbonyl (C=O) groups excluding carboxylic acids is 2. The van der Waals surface area contributed by atoms with E-state index in [1.807, 2.05) is 78.9 Å². The summed E-state index contributed by atoms with van der Waals surface area (Å²) in [5.74, 6) is 0.485. The van der Waals surface area contributed by atoms with Gasteiger partial charge in [-0.2, -0.15) is 0 Å². The van der Waals surface area contributed by atoms with E-state index >= 15 is 0 Å². The molecule has 0 bridgehead atoms. The predicted octanol–water partition coefficient (Wildman–Crippen LogP) is 3.52. The third-order valence-corrected chi connectivity index (χ3v) is 10.6. The number of hydrogen-bond donors (Lipinski definition) is 4. The normalized spacial score (nSPS) is 23.2. The average Bonchev–Trinajstić information content (AvgIpc) is 3.72. The van der Waals surface area contributed by atoms with E-state index < -0.39 is 30.2 Å². The Labute approximate surface area is 313 Å². The molecule has 2 heterocycles. The molecule has 3 aromatic carbocycles. The lowest BCUT2D eigenvalue weighted by atomic mass is 9.92. The fraction of sp³-hybridized carbons (Fsp3) is 0.524. The first-order chi connectivity index (χ1) is 25.5. The van der Waals surface area contributed by atoms with Gasteiger partial charge in [-0.25, -0.2) is 0 Å². The first kappa shape index (κ1) is 38.7. The Morgan fingerprint density at radius 3 is 2.42 bits per heavy atom. The van der Waals surface area contributed by atoms with E-state index in [2.05, 4.69) is 41.2 Å². The molecule has 4 N–H and O–H groups in total. The number of rotatable bonds is 15. The monoisotopic (exact) mass is 728 g/mol. The number of morpholine rings is 1. The van der Waals surface area contributed by atoms with Crippen LogP contribution in [0.1, 0.15) is 56.3 Å². The first-order valence-electron chi connectivity index (χ1n) is 19.1. The molecule has 0 saturated carbocycles. The van der Waals surface area contributed by atoms with Crippen LogP contribution in [-0.2, 0) is 27.2 Å². The van der Waals surface area contributed by atoms with Gasteiger partial charge >= 0.3 is 0 Å². The van der Waals surface area contributed by atoms with Crippen molar-refractivity contribution in [3.05, 3.63) is 95.6 Å². The maximum absolute atomic E-state index is 14.0. The van der Waals surface area contributed by atoms with Crippen molar-refractivity contribution in [3.8, 4) is 11.5 Å². The number of aliphatic hydroxyl groups excluding tert-OH is 2. The van der Waals surface area contributed by atoms with Gasteiger partial charge in [0.2, 0.25) is 11.8 Å². The fourth-order valence-corrected chi connectivity index (χ4v) is 7.74. The van der Waals surface area contributed by atoms with Crippen LogP contribution in [0.25, 0.3) is 0 Å². The lowest BCUT2D eigenvalue weighted by Crippen LogP contribution is -2.52. The number of ether oxygens (including phenoxy) is 3. The van der Waals surface area contributed by atoms with E-state index in [-0.39, 0.29) is 36.4 Å². The van der Waals surface area contributed by atoms with Crippen LogP contribution < -0.4 is 20.1 Å². The summed E-state index contributed by atoms with van der Waals surface area (Å²) in [4.78, 5) is 32.1. The molecule has 0 aromatic heterocycles. The zero-order valence-electron chi connectivity index (χ0n) is 31.3. The van der Waals surface area contributed by atoms with Gasteiger partial charge in [0, 0.05) is 57.0 Å². The molecule has 2 aliphatic heterocycles. The summed E-state index contributed by atoms with van der Waals surface area (Å²) in [6.45, 7) is 11.6. The number of carbonyl (C=O) groups is 2. The average molecular weight is 729 g/mol. The first-order valence-corrected chi connectivity index (χ1v) is 19.1. The second-order valence-electron chi connectivity index (χ2n) is 15.6. The van der Waals surface area contributed by atoms with Gasteiger partial charge in [-0.3, -0.25) is 19.4 Å². The maximum Gasteiger partial charge on any atom is 0.237 e. The molecule has 11 heteroatoms. The minimum absolute atomic E-state index is 0.00606. The number of nitrogens with zero attached hydrogens (tertiary/aromatic N) is 2. The molecule has 0 radical (unpaired) electrons. The Bertz CT molecular complexity index is 1630. The molecule has 6 atom stereocenters. The Morgan fingerprint density at radius 1 is 0.962 bits per heavy atom. The van der Waals surface area contributed by atoms with Crippen LogP contribution in [-0.4, -0.2) is 114 Å². The number of hydrogen-bond acceptors (Lipinski definition) is 9. The molecular weight excluding hydrogens is 672 g/mol. The number of benzene rings is 3. The number of nitrogens with one attached hydrogen (secondary N) is 2. The van der Waals surface area contributed by atoms with Gasteiger partial charge in [-0.1, -0.05) is 54.6 Å². The maximum atomic E-state index is 14.0. The highest BCUT2D eigenvalue weighted by Crippen LogP contribution is 2.33. The van der Waals surface area contributed by atoms with Gasteiger partial charge < -0.3 is 35.1 Å². The molecule has 53 heavy (non-hydrogen) atoms. The van der Waals surface area contributed by atoms with Crippen molar-refractivity contribution in [1.82, 2.24) is 20.4 Å². The molecule has 2 amide bonds. The predicted molar refractivity (Wildman–Crippen MR) is 203 cm³/mol. The molecule has 6 rings (SSSR count). The van der Waals surface area contributed by atoms with Crippen LogP contribution in [0.4, 0.5) is 0 Å². The molecule has 0 spiro atoms. The van der Waals surface area contributed by atoms with Gasteiger partial charge in [0.1, 0.15) is 24.2 Å². The lowest BCUT2D eigenvalue weighted by Gasteiger charge is -2.36. The summed E-state index contributed by atoms with van der Waals surface area (Å²) in [6, 6.07) is 24.2. The van der Waals surface area contributed by atoms with Crippen molar-refractivity contribution in [2.24, 2.45) is 5.92 Å². The smallest absolute Gasteiger partial charge is 0.237 e. The van der Waals surface area contributed by atoms with Crippen LogP contribution in [0, 0.1) is 5.92 Å². The van der Waals surface area contributed by atoms with Crippen molar-refractivity contribution in [1.29, 1.82) is 0 Å². The highest BCUT2D eigenvalue weighted by atomic mass is 16.5. The molecule has 3 aliphatic rings. The Morgan fingerprint density at radius 2 is 1.68 bits per heavy atom. The summed E-state index contributed by atoms with van der Waals surface area (Å²) in [5.41, 5.74) is 2.57. The van der Waals surface area contributed by atoms with E-state index in [0.717, 1.165) is 61.0 Å². The van der Waals surface area contributed by atoms with Crippen molar-refractivity contribution >= 4 is 11.8 Å².